The molecule has 0 aliphatic carbocycles. The van der Waals surface area contributed by atoms with Crippen LogP contribution in [0.15, 0.2) is 30.6 Å². The van der Waals surface area contributed by atoms with Gasteiger partial charge in [-0.25, -0.2) is 4.98 Å². The molecule has 3 rings (SSSR count). The van der Waals surface area contributed by atoms with E-state index in [9.17, 15) is 10.1 Å². The molecule has 9 nitrogen and oxygen atoms in total. The lowest BCUT2D eigenvalue weighted by Crippen LogP contribution is -2.25. The molecule has 2 aromatic rings. The minimum Gasteiger partial charge on any atom is -0.378 e. The Morgan fingerprint density at radius 3 is 3.00 bits per heavy atom. The number of ether oxygens (including phenoxy) is 1. The number of hydrogen-bond donors (Lipinski definition) is 1. The van der Waals surface area contributed by atoms with Gasteiger partial charge < -0.3 is 15.4 Å². The first kappa shape index (κ1) is 15.1. The largest absolute Gasteiger partial charge is 0.378 e. The van der Waals surface area contributed by atoms with Crippen LogP contribution in [0.5, 0.6) is 0 Å². The Bertz CT molecular complexity index is 696. The monoisotopic (exact) mass is 316 g/mol. The number of anilines is 2. The van der Waals surface area contributed by atoms with Gasteiger partial charge in [-0.15, -0.1) is 0 Å². The number of nitrogen functional groups attached to an aromatic ring is 1. The number of rotatable bonds is 5. The lowest BCUT2D eigenvalue weighted by atomic mass is 10.3. The van der Waals surface area contributed by atoms with Crippen LogP contribution in [0.3, 0.4) is 0 Å². The minimum absolute atomic E-state index is 0.0389. The summed E-state index contributed by atoms with van der Waals surface area (Å²) < 4.78 is 5.83. The van der Waals surface area contributed by atoms with Crippen molar-refractivity contribution in [1.82, 2.24) is 15.0 Å². The molecular formula is C14H16N6O3. The summed E-state index contributed by atoms with van der Waals surface area (Å²) in [6.07, 6.45) is 3.73. The van der Waals surface area contributed by atoms with E-state index in [2.05, 4.69) is 15.0 Å². The molecule has 1 saturated heterocycles. The van der Waals surface area contributed by atoms with E-state index in [1.54, 1.807) is 6.20 Å². The maximum absolute atomic E-state index is 10.7. The summed E-state index contributed by atoms with van der Waals surface area (Å²) in [5.74, 6) is 0.259. The fraction of sp³-hybridized carbons (Fsp3) is 0.357. The quantitative estimate of drug-likeness (QED) is 0.644. The Balaban J connectivity index is 1.59. The van der Waals surface area contributed by atoms with Crippen LogP contribution >= 0.6 is 0 Å². The third-order valence-corrected chi connectivity index (χ3v) is 3.60. The van der Waals surface area contributed by atoms with Gasteiger partial charge in [0, 0.05) is 19.3 Å². The van der Waals surface area contributed by atoms with Gasteiger partial charge in [0.25, 0.3) is 0 Å². The second-order valence-corrected chi connectivity index (χ2v) is 5.19. The van der Waals surface area contributed by atoms with Gasteiger partial charge >= 0.3 is 5.69 Å². The van der Waals surface area contributed by atoms with Crippen molar-refractivity contribution in [3.05, 3.63) is 46.4 Å². The third kappa shape index (κ3) is 3.51. The fourth-order valence-electron chi connectivity index (χ4n) is 2.40. The van der Waals surface area contributed by atoms with Crippen LogP contribution in [0.4, 0.5) is 17.5 Å². The van der Waals surface area contributed by atoms with Crippen LogP contribution in [0.1, 0.15) is 12.1 Å². The summed E-state index contributed by atoms with van der Waals surface area (Å²) in [6, 6.07) is 5.68. The van der Waals surface area contributed by atoms with Crippen molar-refractivity contribution in [1.29, 1.82) is 0 Å². The first-order valence-corrected chi connectivity index (χ1v) is 7.17. The molecule has 0 saturated carbocycles. The van der Waals surface area contributed by atoms with Gasteiger partial charge in [0.1, 0.15) is 6.20 Å². The van der Waals surface area contributed by atoms with Crippen molar-refractivity contribution in [2.45, 2.75) is 19.1 Å². The molecule has 1 atom stereocenters. The third-order valence-electron chi connectivity index (χ3n) is 3.60. The highest BCUT2D eigenvalue weighted by molar-refractivity contribution is 5.54. The molecule has 23 heavy (non-hydrogen) atoms. The average molecular weight is 316 g/mol. The lowest BCUT2D eigenvalue weighted by Gasteiger charge is -2.16. The van der Waals surface area contributed by atoms with Crippen LogP contribution in [0.25, 0.3) is 0 Å². The summed E-state index contributed by atoms with van der Waals surface area (Å²) in [5.41, 5.74) is 6.20. The Kier molecular flexibility index (Phi) is 4.29. The van der Waals surface area contributed by atoms with E-state index in [-0.39, 0.29) is 17.6 Å². The molecule has 1 fully saturated rings. The van der Waals surface area contributed by atoms with Crippen LogP contribution in [-0.4, -0.2) is 39.1 Å². The molecule has 120 valence electrons. The van der Waals surface area contributed by atoms with E-state index in [0.29, 0.717) is 25.6 Å². The van der Waals surface area contributed by atoms with E-state index in [4.69, 9.17) is 10.5 Å². The van der Waals surface area contributed by atoms with Gasteiger partial charge in [0.15, 0.2) is 0 Å². The normalized spacial score (nSPS) is 17.4. The number of pyridine rings is 1. The number of nitrogens with two attached hydrogens (primary N) is 1. The molecule has 1 aliphatic rings. The second kappa shape index (κ2) is 6.53. The van der Waals surface area contributed by atoms with Crippen LogP contribution in [0.2, 0.25) is 0 Å². The topological polar surface area (TPSA) is 120 Å². The molecule has 9 heteroatoms. The molecule has 1 aliphatic heterocycles. The highest BCUT2D eigenvalue weighted by atomic mass is 16.6. The molecule has 0 aromatic carbocycles. The van der Waals surface area contributed by atoms with E-state index < -0.39 is 4.92 Å². The first-order chi connectivity index (χ1) is 11.1. The molecule has 0 radical (unpaired) electrons. The zero-order chi connectivity index (χ0) is 16.2. The van der Waals surface area contributed by atoms with Crippen molar-refractivity contribution in [2.75, 3.05) is 23.7 Å². The number of hydrogen-bond acceptors (Lipinski definition) is 8. The Hall–Kier alpha value is -2.81. The molecule has 1 unspecified atom stereocenters. The Morgan fingerprint density at radius 2 is 2.30 bits per heavy atom. The maximum Gasteiger partial charge on any atom is 0.329 e. The highest BCUT2D eigenvalue weighted by Crippen LogP contribution is 2.23. The summed E-state index contributed by atoms with van der Waals surface area (Å²) in [6.45, 7) is 1.77. The smallest absolute Gasteiger partial charge is 0.329 e. The maximum atomic E-state index is 10.7. The van der Waals surface area contributed by atoms with Crippen molar-refractivity contribution in [2.24, 2.45) is 0 Å². The number of nitrogens with zero attached hydrogens (tertiary/aromatic N) is 5. The van der Waals surface area contributed by atoms with Gasteiger partial charge in [0.05, 0.1) is 23.3 Å². The second-order valence-electron chi connectivity index (χ2n) is 5.19. The standard InChI is InChI=1S/C14H16N6O3/c15-13-12(20(21)22)7-17-14(18-13)19-6-4-11(8-19)23-9-10-3-1-2-5-16-10/h1-3,5,7,11H,4,6,8-9H2,(H2,15,17,18). The first-order valence-electron chi connectivity index (χ1n) is 7.17. The SMILES string of the molecule is Nc1nc(N2CCC(OCc3ccccn3)C2)ncc1[N+](=O)[O-]. The molecule has 0 spiro atoms. The highest BCUT2D eigenvalue weighted by Gasteiger charge is 2.26. The van der Waals surface area contributed by atoms with Crippen molar-refractivity contribution in [3.63, 3.8) is 0 Å². The van der Waals surface area contributed by atoms with Crippen LogP contribution in [0, 0.1) is 10.1 Å². The summed E-state index contributed by atoms with van der Waals surface area (Å²) in [4.78, 5) is 24.3. The van der Waals surface area contributed by atoms with Crippen molar-refractivity contribution >= 4 is 17.5 Å². The Morgan fingerprint density at radius 1 is 1.43 bits per heavy atom. The predicted molar refractivity (Wildman–Crippen MR) is 82.7 cm³/mol. The molecule has 0 amide bonds. The van der Waals surface area contributed by atoms with Gasteiger partial charge in [-0.05, 0) is 18.6 Å². The predicted octanol–water partition coefficient (Wildman–Crippen LogP) is 1.16. The van der Waals surface area contributed by atoms with Crippen LogP contribution < -0.4 is 10.6 Å². The van der Waals surface area contributed by atoms with Gasteiger partial charge in [0.2, 0.25) is 11.8 Å². The van der Waals surface area contributed by atoms with E-state index in [1.165, 1.54) is 0 Å². The van der Waals surface area contributed by atoms with E-state index in [1.807, 2.05) is 23.1 Å². The van der Waals surface area contributed by atoms with E-state index >= 15 is 0 Å². The molecule has 3 heterocycles. The Labute approximate surface area is 132 Å². The minimum atomic E-state index is -0.595. The number of nitro groups is 1. The lowest BCUT2D eigenvalue weighted by molar-refractivity contribution is -0.384. The van der Waals surface area contributed by atoms with Crippen LogP contribution in [-0.2, 0) is 11.3 Å². The molecule has 2 aromatic heterocycles. The summed E-state index contributed by atoms with van der Waals surface area (Å²) in [7, 11) is 0. The van der Waals surface area contributed by atoms with Crippen molar-refractivity contribution in [3.8, 4) is 0 Å². The number of aromatic nitrogens is 3. The molecule has 2 N–H and O–H groups in total. The van der Waals surface area contributed by atoms with Gasteiger partial charge in [-0.3, -0.25) is 15.1 Å². The zero-order valence-corrected chi connectivity index (χ0v) is 12.3. The molecular weight excluding hydrogens is 300 g/mol. The summed E-state index contributed by atoms with van der Waals surface area (Å²) >= 11 is 0. The van der Waals surface area contributed by atoms with Gasteiger partial charge in [-0.2, -0.15) is 4.98 Å². The van der Waals surface area contributed by atoms with Crippen molar-refractivity contribution < 1.29 is 9.66 Å². The average Bonchev–Trinajstić information content (AvgIpc) is 3.02. The molecule has 0 bridgehead atoms. The van der Waals surface area contributed by atoms with Gasteiger partial charge in [-0.1, -0.05) is 6.07 Å². The summed E-state index contributed by atoms with van der Waals surface area (Å²) in [5, 5.41) is 10.7. The zero-order valence-electron chi connectivity index (χ0n) is 12.3. The van der Waals surface area contributed by atoms with E-state index in [0.717, 1.165) is 18.3 Å². The fourth-order valence-corrected chi connectivity index (χ4v) is 2.40.